The standard InChI is InChI=1S/C22H21BrFN3O2/c23-16-10-15-11-19(21(28)26-18-4-2-1-3-5-18)22(29)27(20(15)25-12-16)13-14-6-8-17(24)9-7-14/h6-12,18H,1-5,13H2,(H,26,28). The van der Waals surface area contributed by atoms with Crippen LogP contribution in [0.15, 0.2) is 51.9 Å². The summed E-state index contributed by atoms with van der Waals surface area (Å²) in [6.07, 6.45) is 6.87. The fraction of sp³-hybridized carbons (Fsp3) is 0.318. The van der Waals surface area contributed by atoms with Gasteiger partial charge >= 0.3 is 0 Å². The molecule has 0 atom stereocenters. The smallest absolute Gasteiger partial charge is 0.265 e. The third-order valence-corrected chi connectivity index (χ3v) is 5.77. The summed E-state index contributed by atoms with van der Waals surface area (Å²) in [6.45, 7) is 0.203. The second kappa shape index (κ2) is 8.45. The highest BCUT2D eigenvalue weighted by Crippen LogP contribution is 2.20. The molecule has 0 unspecified atom stereocenters. The molecule has 29 heavy (non-hydrogen) atoms. The molecule has 3 aromatic rings. The third-order valence-electron chi connectivity index (χ3n) is 5.33. The molecule has 0 saturated heterocycles. The van der Waals surface area contributed by atoms with Crippen molar-refractivity contribution in [2.24, 2.45) is 0 Å². The first-order valence-electron chi connectivity index (χ1n) is 9.75. The Hall–Kier alpha value is -2.54. The lowest BCUT2D eigenvalue weighted by Crippen LogP contribution is -2.40. The van der Waals surface area contributed by atoms with Gasteiger partial charge in [-0.1, -0.05) is 31.4 Å². The number of fused-ring (bicyclic) bond motifs is 1. The first kappa shape index (κ1) is 19.8. The molecule has 1 fully saturated rings. The topological polar surface area (TPSA) is 64.0 Å². The van der Waals surface area contributed by atoms with Crippen molar-refractivity contribution >= 4 is 32.9 Å². The van der Waals surface area contributed by atoms with Crippen LogP contribution in [-0.2, 0) is 6.54 Å². The maximum Gasteiger partial charge on any atom is 0.265 e. The minimum absolute atomic E-state index is 0.102. The van der Waals surface area contributed by atoms with Crippen molar-refractivity contribution in [1.82, 2.24) is 14.9 Å². The van der Waals surface area contributed by atoms with Crippen LogP contribution >= 0.6 is 15.9 Å². The predicted molar refractivity (Wildman–Crippen MR) is 114 cm³/mol. The minimum atomic E-state index is -0.398. The van der Waals surface area contributed by atoms with Gasteiger partial charge in [0.2, 0.25) is 0 Å². The maximum atomic E-state index is 13.3. The Bertz CT molecular complexity index is 1110. The van der Waals surface area contributed by atoms with Gasteiger partial charge in [0.25, 0.3) is 11.5 Å². The number of carbonyl (C=O) groups excluding carboxylic acids is 1. The first-order chi connectivity index (χ1) is 14.0. The van der Waals surface area contributed by atoms with Gasteiger partial charge in [-0.15, -0.1) is 0 Å². The van der Waals surface area contributed by atoms with Crippen molar-refractivity contribution in [1.29, 1.82) is 0 Å². The largest absolute Gasteiger partial charge is 0.349 e. The molecule has 2 heterocycles. The summed E-state index contributed by atoms with van der Waals surface area (Å²) in [5.41, 5.74) is 0.941. The minimum Gasteiger partial charge on any atom is -0.349 e. The zero-order valence-electron chi connectivity index (χ0n) is 15.8. The van der Waals surface area contributed by atoms with Crippen LogP contribution in [0.4, 0.5) is 4.39 Å². The summed E-state index contributed by atoms with van der Waals surface area (Å²) in [5.74, 6) is -0.690. The monoisotopic (exact) mass is 457 g/mol. The van der Waals surface area contributed by atoms with E-state index in [1.54, 1.807) is 24.4 Å². The summed E-state index contributed by atoms with van der Waals surface area (Å²) in [6, 6.07) is 9.51. The van der Waals surface area contributed by atoms with Gasteiger partial charge in [-0.3, -0.25) is 14.2 Å². The second-order valence-corrected chi connectivity index (χ2v) is 8.37. The Morgan fingerprint density at radius 2 is 1.90 bits per heavy atom. The molecule has 150 valence electrons. The number of pyridine rings is 2. The van der Waals surface area contributed by atoms with Crippen LogP contribution in [0.5, 0.6) is 0 Å². The Morgan fingerprint density at radius 3 is 2.62 bits per heavy atom. The molecule has 1 aliphatic carbocycles. The lowest BCUT2D eigenvalue weighted by atomic mass is 9.95. The van der Waals surface area contributed by atoms with Crippen LogP contribution in [0.1, 0.15) is 48.0 Å². The number of nitrogens with zero attached hydrogens (tertiary/aromatic N) is 2. The van der Waals surface area contributed by atoms with Gasteiger partial charge in [0, 0.05) is 22.1 Å². The summed E-state index contributed by atoms with van der Waals surface area (Å²) in [7, 11) is 0. The van der Waals surface area contributed by atoms with E-state index in [4.69, 9.17) is 0 Å². The number of halogens is 2. The molecule has 4 rings (SSSR count). The molecule has 2 aromatic heterocycles. The molecular formula is C22H21BrFN3O2. The van der Waals surface area contributed by atoms with Crippen LogP contribution in [-0.4, -0.2) is 21.5 Å². The van der Waals surface area contributed by atoms with Gasteiger partial charge in [-0.25, -0.2) is 9.37 Å². The number of hydrogen-bond acceptors (Lipinski definition) is 3. The van der Waals surface area contributed by atoms with E-state index in [0.717, 1.165) is 35.7 Å². The van der Waals surface area contributed by atoms with Crippen LogP contribution < -0.4 is 10.9 Å². The Balaban J connectivity index is 1.76. The summed E-state index contributed by atoms with van der Waals surface area (Å²) in [5, 5.41) is 3.71. The number of carbonyl (C=O) groups is 1. The number of nitrogens with one attached hydrogen (secondary N) is 1. The quantitative estimate of drug-likeness (QED) is 0.630. The van der Waals surface area contributed by atoms with E-state index < -0.39 is 5.56 Å². The Kier molecular flexibility index (Phi) is 5.76. The highest BCUT2D eigenvalue weighted by atomic mass is 79.9. The third kappa shape index (κ3) is 4.40. The summed E-state index contributed by atoms with van der Waals surface area (Å²) >= 11 is 3.40. The molecular weight excluding hydrogens is 437 g/mol. The molecule has 0 aliphatic heterocycles. The zero-order chi connectivity index (χ0) is 20.4. The van der Waals surface area contributed by atoms with Gasteiger partial charge in [-0.05, 0) is 58.6 Å². The number of aromatic nitrogens is 2. The molecule has 7 heteroatoms. The number of amides is 1. The highest BCUT2D eigenvalue weighted by molar-refractivity contribution is 9.10. The number of benzene rings is 1. The van der Waals surface area contributed by atoms with Crippen molar-refractivity contribution in [3.63, 3.8) is 0 Å². The average Bonchev–Trinajstić information content (AvgIpc) is 2.72. The van der Waals surface area contributed by atoms with E-state index >= 15 is 0 Å². The van der Waals surface area contributed by atoms with Gasteiger partial charge in [0.1, 0.15) is 17.0 Å². The van der Waals surface area contributed by atoms with E-state index in [9.17, 15) is 14.0 Å². The van der Waals surface area contributed by atoms with E-state index in [1.165, 1.54) is 23.1 Å². The SMILES string of the molecule is O=C(NC1CCCCC1)c1cc2cc(Br)cnc2n(Cc2ccc(F)cc2)c1=O. The van der Waals surface area contributed by atoms with E-state index in [2.05, 4.69) is 26.2 Å². The molecule has 1 saturated carbocycles. The maximum absolute atomic E-state index is 13.3. The van der Waals surface area contributed by atoms with Crippen LogP contribution in [0.2, 0.25) is 0 Å². The zero-order valence-corrected chi connectivity index (χ0v) is 17.4. The number of hydrogen-bond donors (Lipinski definition) is 1. The lowest BCUT2D eigenvalue weighted by molar-refractivity contribution is 0.0926. The van der Waals surface area contributed by atoms with E-state index in [-0.39, 0.29) is 29.9 Å². The highest BCUT2D eigenvalue weighted by Gasteiger charge is 2.21. The molecule has 1 aliphatic rings. The second-order valence-electron chi connectivity index (χ2n) is 7.45. The van der Waals surface area contributed by atoms with Gasteiger partial charge in [0.05, 0.1) is 6.54 Å². The Morgan fingerprint density at radius 1 is 1.17 bits per heavy atom. The molecule has 5 nitrogen and oxygen atoms in total. The Labute approximate surface area is 176 Å². The predicted octanol–water partition coefficient (Wildman–Crippen LogP) is 4.41. The first-order valence-corrected chi connectivity index (χ1v) is 10.5. The van der Waals surface area contributed by atoms with Crippen molar-refractivity contribution in [2.75, 3.05) is 0 Å². The van der Waals surface area contributed by atoms with Crippen molar-refractivity contribution in [2.45, 2.75) is 44.7 Å². The fourth-order valence-electron chi connectivity index (χ4n) is 3.83. The number of rotatable bonds is 4. The molecule has 0 radical (unpaired) electrons. The van der Waals surface area contributed by atoms with Gasteiger partial charge in [-0.2, -0.15) is 0 Å². The summed E-state index contributed by atoms with van der Waals surface area (Å²) < 4.78 is 15.5. The molecule has 0 spiro atoms. The van der Waals surface area contributed by atoms with Gasteiger partial charge in [0.15, 0.2) is 0 Å². The van der Waals surface area contributed by atoms with E-state index in [0.29, 0.717) is 11.0 Å². The molecule has 0 bridgehead atoms. The van der Waals surface area contributed by atoms with Crippen molar-refractivity contribution < 1.29 is 9.18 Å². The van der Waals surface area contributed by atoms with Crippen molar-refractivity contribution in [3.05, 3.63) is 74.4 Å². The average molecular weight is 458 g/mol. The van der Waals surface area contributed by atoms with Crippen LogP contribution in [0.25, 0.3) is 11.0 Å². The fourth-order valence-corrected chi connectivity index (χ4v) is 4.18. The molecule has 1 amide bonds. The van der Waals surface area contributed by atoms with E-state index in [1.807, 2.05) is 6.07 Å². The van der Waals surface area contributed by atoms with Crippen LogP contribution in [0.3, 0.4) is 0 Å². The lowest BCUT2D eigenvalue weighted by Gasteiger charge is -2.23. The normalized spacial score (nSPS) is 14.8. The summed E-state index contributed by atoms with van der Waals surface area (Å²) in [4.78, 5) is 30.5. The van der Waals surface area contributed by atoms with Crippen molar-refractivity contribution in [3.8, 4) is 0 Å². The molecule has 1 N–H and O–H groups in total. The molecule has 1 aromatic carbocycles. The van der Waals surface area contributed by atoms with Crippen LogP contribution in [0, 0.1) is 5.82 Å². The van der Waals surface area contributed by atoms with Gasteiger partial charge < -0.3 is 5.32 Å².